The van der Waals surface area contributed by atoms with E-state index in [2.05, 4.69) is 15.9 Å². The second kappa shape index (κ2) is 6.12. The van der Waals surface area contributed by atoms with E-state index in [0.29, 0.717) is 13.0 Å². The summed E-state index contributed by atoms with van der Waals surface area (Å²) in [7, 11) is 1.94. The van der Waals surface area contributed by atoms with Crippen molar-refractivity contribution in [2.45, 2.75) is 25.9 Å². The molecule has 0 radical (unpaired) electrons. The first-order chi connectivity index (χ1) is 7.88. The highest BCUT2D eigenvalue weighted by Gasteiger charge is 2.11. The molecule has 1 atom stereocenters. The zero-order valence-electron chi connectivity index (χ0n) is 10.0. The number of hydrogen-bond acceptors (Lipinski definition) is 2. The summed E-state index contributed by atoms with van der Waals surface area (Å²) >= 11 is 3.27. The van der Waals surface area contributed by atoms with Crippen LogP contribution in [-0.4, -0.2) is 23.8 Å². The summed E-state index contributed by atoms with van der Waals surface area (Å²) in [5, 5.41) is 7.25. The van der Waals surface area contributed by atoms with Gasteiger partial charge in [0.2, 0.25) is 0 Å². The number of nitrogens with zero attached hydrogens (tertiary/aromatic N) is 1. The molecule has 94 valence electrons. The Morgan fingerprint density at radius 1 is 1.53 bits per heavy atom. The minimum Gasteiger partial charge on any atom is -0.388 e. The van der Waals surface area contributed by atoms with Crippen LogP contribution in [0.3, 0.4) is 0 Å². The maximum absolute atomic E-state index is 13.2. The number of amidine groups is 1. The fraction of sp³-hybridized carbons (Fsp3) is 0.417. The molecule has 0 aromatic heterocycles. The third-order valence-corrected chi connectivity index (χ3v) is 3.08. The Labute approximate surface area is 109 Å². The standard InChI is InChI=1S/C12H17BrFN3/c1-8(3-12(15)16)17(2)7-9-4-10(13)6-11(14)5-9/h4-6,8H,3,7H2,1-2H3,(H3,15,16). The lowest BCUT2D eigenvalue weighted by atomic mass is 10.1. The smallest absolute Gasteiger partial charge is 0.124 e. The number of nitrogens with one attached hydrogen (secondary N) is 1. The van der Waals surface area contributed by atoms with Gasteiger partial charge in [0.1, 0.15) is 5.82 Å². The van der Waals surface area contributed by atoms with Gasteiger partial charge >= 0.3 is 0 Å². The van der Waals surface area contributed by atoms with Gasteiger partial charge < -0.3 is 5.73 Å². The van der Waals surface area contributed by atoms with Crippen LogP contribution >= 0.6 is 15.9 Å². The summed E-state index contributed by atoms with van der Waals surface area (Å²) in [6.07, 6.45) is 0.521. The molecule has 1 aromatic carbocycles. The summed E-state index contributed by atoms with van der Waals surface area (Å²) in [5.74, 6) is -0.0771. The average Bonchev–Trinajstić information content (AvgIpc) is 2.14. The van der Waals surface area contributed by atoms with Crippen LogP contribution in [0.5, 0.6) is 0 Å². The number of halogens is 2. The van der Waals surface area contributed by atoms with Crippen LogP contribution in [0.1, 0.15) is 18.9 Å². The van der Waals surface area contributed by atoms with E-state index in [1.165, 1.54) is 12.1 Å². The molecule has 3 N–H and O–H groups in total. The molecule has 1 rings (SSSR count). The summed E-state index contributed by atoms with van der Waals surface area (Å²) in [5.41, 5.74) is 6.26. The van der Waals surface area contributed by atoms with Crippen molar-refractivity contribution in [2.75, 3.05) is 7.05 Å². The van der Waals surface area contributed by atoms with Crippen molar-refractivity contribution in [3.8, 4) is 0 Å². The minimum absolute atomic E-state index is 0.162. The quantitative estimate of drug-likeness (QED) is 0.649. The zero-order chi connectivity index (χ0) is 13.0. The molecule has 1 aromatic rings. The molecule has 0 aliphatic rings. The normalized spacial score (nSPS) is 12.8. The van der Waals surface area contributed by atoms with Gasteiger partial charge in [0.25, 0.3) is 0 Å². The molecule has 0 aliphatic heterocycles. The first-order valence-corrected chi connectivity index (χ1v) is 6.16. The first kappa shape index (κ1) is 14.1. The van der Waals surface area contributed by atoms with E-state index in [1.54, 1.807) is 0 Å². The van der Waals surface area contributed by atoms with Gasteiger partial charge in [0, 0.05) is 23.5 Å². The van der Waals surface area contributed by atoms with Crippen molar-refractivity contribution >= 4 is 21.8 Å². The Bertz CT molecular complexity index is 388. The van der Waals surface area contributed by atoms with Gasteiger partial charge in [-0.05, 0) is 37.7 Å². The Kier molecular flexibility index (Phi) is 5.08. The Morgan fingerprint density at radius 2 is 2.18 bits per heavy atom. The van der Waals surface area contributed by atoms with E-state index in [0.717, 1.165) is 10.0 Å². The Balaban J connectivity index is 2.66. The van der Waals surface area contributed by atoms with Crippen LogP contribution < -0.4 is 5.73 Å². The highest BCUT2D eigenvalue weighted by molar-refractivity contribution is 9.10. The summed E-state index contributed by atoms with van der Waals surface area (Å²) in [6.45, 7) is 2.63. The van der Waals surface area contributed by atoms with Crippen molar-refractivity contribution in [3.05, 3.63) is 34.1 Å². The summed E-state index contributed by atoms with van der Waals surface area (Å²) < 4.78 is 13.9. The van der Waals surface area contributed by atoms with Gasteiger partial charge in [-0.15, -0.1) is 0 Å². The van der Waals surface area contributed by atoms with E-state index >= 15 is 0 Å². The van der Waals surface area contributed by atoms with Crippen molar-refractivity contribution in [1.29, 1.82) is 5.41 Å². The lowest BCUT2D eigenvalue weighted by Crippen LogP contribution is -2.32. The van der Waals surface area contributed by atoms with Crippen LogP contribution in [0.15, 0.2) is 22.7 Å². The van der Waals surface area contributed by atoms with Crippen LogP contribution in [0.4, 0.5) is 4.39 Å². The number of benzene rings is 1. The fourth-order valence-corrected chi connectivity index (χ4v) is 2.13. The molecule has 0 heterocycles. The number of nitrogens with two attached hydrogens (primary N) is 1. The third-order valence-electron chi connectivity index (χ3n) is 2.62. The predicted octanol–water partition coefficient (Wildman–Crippen LogP) is 2.73. The third kappa shape index (κ3) is 4.83. The predicted molar refractivity (Wildman–Crippen MR) is 71.6 cm³/mol. The summed E-state index contributed by atoms with van der Waals surface area (Å²) in [6, 6.07) is 5.00. The molecule has 0 fully saturated rings. The largest absolute Gasteiger partial charge is 0.388 e. The molecule has 0 spiro atoms. The van der Waals surface area contributed by atoms with E-state index in [-0.39, 0.29) is 17.7 Å². The van der Waals surface area contributed by atoms with Crippen molar-refractivity contribution in [2.24, 2.45) is 5.73 Å². The second-order valence-electron chi connectivity index (χ2n) is 4.27. The monoisotopic (exact) mass is 301 g/mol. The SMILES string of the molecule is CC(CC(=N)N)N(C)Cc1cc(F)cc(Br)c1. The van der Waals surface area contributed by atoms with Crippen LogP contribution in [0, 0.1) is 11.2 Å². The van der Waals surface area contributed by atoms with E-state index < -0.39 is 0 Å². The maximum Gasteiger partial charge on any atom is 0.124 e. The Hall–Kier alpha value is -0.940. The summed E-state index contributed by atoms with van der Waals surface area (Å²) in [4.78, 5) is 2.04. The van der Waals surface area contributed by atoms with Gasteiger partial charge in [0.15, 0.2) is 0 Å². The molecule has 17 heavy (non-hydrogen) atoms. The molecule has 0 saturated heterocycles. The zero-order valence-corrected chi connectivity index (χ0v) is 11.6. The second-order valence-corrected chi connectivity index (χ2v) is 5.19. The topological polar surface area (TPSA) is 53.1 Å². The molecule has 0 amide bonds. The van der Waals surface area contributed by atoms with Crippen molar-refractivity contribution in [1.82, 2.24) is 4.90 Å². The van der Waals surface area contributed by atoms with Gasteiger partial charge in [-0.2, -0.15) is 0 Å². The lowest BCUT2D eigenvalue weighted by Gasteiger charge is -2.24. The number of hydrogen-bond donors (Lipinski definition) is 2. The molecule has 0 aliphatic carbocycles. The van der Waals surface area contributed by atoms with E-state index in [4.69, 9.17) is 11.1 Å². The van der Waals surface area contributed by atoms with E-state index in [9.17, 15) is 4.39 Å². The molecule has 3 nitrogen and oxygen atoms in total. The van der Waals surface area contributed by atoms with Gasteiger partial charge in [-0.25, -0.2) is 4.39 Å². The van der Waals surface area contributed by atoms with Gasteiger partial charge in [-0.1, -0.05) is 15.9 Å². The molecular weight excluding hydrogens is 285 g/mol. The van der Waals surface area contributed by atoms with Crippen molar-refractivity contribution < 1.29 is 4.39 Å². The Morgan fingerprint density at radius 3 is 2.71 bits per heavy atom. The average molecular weight is 302 g/mol. The molecular formula is C12H17BrFN3. The minimum atomic E-state index is -0.248. The van der Waals surface area contributed by atoms with Gasteiger partial charge in [0.05, 0.1) is 5.84 Å². The van der Waals surface area contributed by atoms with Gasteiger partial charge in [-0.3, -0.25) is 10.3 Å². The highest BCUT2D eigenvalue weighted by atomic mass is 79.9. The van der Waals surface area contributed by atoms with Crippen LogP contribution in [0.2, 0.25) is 0 Å². The number of rotatable bonds is 5. The van der Waals surface area contributed by atoms with Crippen LogP contribution in [0.25, 0.3) is 0 Å². The first-order valence-electron chi connectivity index (χ1n) is 5.36. The maximum atomic E-state index is 13.2. The van der Waals surface area contributed by atoms with E-state index in [1.807, 2.05) is 24.9 Å². The molecule has 1 unspecified atom stereocenters. The fourth-order valence-electron chi connectivity index (χ4n) is 1.62. The highest BCUT2D eigenvalue weighted by Crippen LogP contribution is 2.17. The van der Waals surface area contributed by atoms with Crippen LogP contribution in [-0.2, 0) is 6.54 Å². The van der Waals surface area contributed by atoms with Crippen molar-refractivity contribution in [3.63, 3.8) is 0 Å². The molecule has 5 heteroatoms. The lowest BCUT2D eigenvalue weighted by molar-refractivity contribution is 0.254. The molecule has 0 saturated carbocycles. The molecule has 0 bridgehead atoms.